The van der Waals surface area contributed by atoms with E-state index in [1.165, 1.54) is 11.1 Å². The number of hydrogen-bond donors (Lipinski definition) is 2. The minimum Gasteiger partial charge on any atom is -0.356 e. The van der Waals surface area contributed by atoms with Crippen LogP contribution in [0.3, 0.4) is 0 Å². The Hall–Kier alpha value is -1.84. The summed E-state index contributed by atoms with van der Waals surface area (Å²) in [6.07, 6.45) is 4.73. The number of rotatable bonds is 1. The van der Waals surface area contributed by atoms with E-state index in [9.17, 15) is 9.59 Å². The number of hydrogen-bond acceptors (Lipinski definition) is 2. The molecule has 1 fully saturated rings. The third-order valence-electron chi connectivity index (χ3n) is 4.73. The van der Waals surface area contributed by atoms with Crippen LogP contribution in [0.15, 0.2) is 18.2 Å². The van der Waals surface area contributed by atoms with Gasteiger partial charge in [-0.2, -0.15) is 0 Å². The minimum atomic E-state index is -0.0296. The molecular formula is C16H20N2O2. The Kier molecular flexibility index (Phi) is 3.24. The molecule has 1 saturated heterocycles. The van der Waals surface area contributed by atoms with E-state index in [0.717, 1.165) is 37.8 Å². The first kappa shape index (κ1) is 13.2. The molecule has 1 aliphatic carbocycles. The fourth-order valence-electron chi connectivity index (χ4n) is 3.41. The monoisotopic (exact) mass is 272 g/mol. The Bertz CT molecular complexity index is 556. The van der Waals surface area contributed by atoms with Gasteiger partial charge in [-0.1, -0.05) is 6.07 Å². The normalized spacial score (nSPS) is 24.9. The van der Waals surface area contributed by atoms with E-state index in [-0.39, 0.29) is 17.2 Å². The molecule has 1 unspecified atom stereocenters. The van der Waals surface area contributed by atoms with Gasteiger partial charge in [0.15, 0.2) is 0 Å². The molecule has 1 spiro atoms. The van der Waals surface area contributed by atoms with Gasteiger partial charge in [-0.25, -0.2) is 0 Å². The first-order valence-corrected chi connectivity index (χ1v) is 7.22. The van der Waals surface area contributed by atoms with Gasteiger partial charge < -0.3 is 10.6 Å². The van der Waals surface area contributed by atoms with E-state index in [2.05, 4.69) is 16.7 Å². The van der Waals surface area contributed by atoms with Crippen LogP contribution < -0.4 is 10.6 Å². The lowest BCUT2D eigenvalue weighted by Gasteiger charge is -2.41. The van der Waals surface area contributed by atoms with E-state index in [4.69, 9.17) is 0 Å². The maximum Gasteiger partial charge on any atom is 0.251 e. The number of fused-ring (bicyclic) bond motifs is 1. The highest BCUT2D eigenvalue weighted by atomic mass is 16.2. The number of benzene rings is 1. The number of amides is 2. The van der Waals surface area contributed by atoms with Gasteiger partial charge in [0.05, 0.1) is 0 Å². The third-order valence-corrected chi connectivity index (χ3v) is 4.73. The van der Waals surface area contributed by atoms with Crippen molar-refractivity contribution >= 4 is 11.8 Å². The Morgan fingerprint density at radius 1 is 1.25 bits per heavy atom. The molecule has 20 heavy (non-hydrogen) atoms. The van der Waals surface area contributed by atoms with Crippen molar-refractivity contribution in [2.75, 3.05) is 13.6 Å². The lowest BCUT2D eigenvalue weighted by atomic mass is 9.67. The quantitative estimate of drug-likeness (QED) is 0.812. The van der Waals surface area contributed by atoms with E-state index in [1.807, 2.05) is 12.1 Å². The molecule has 0 saturated carbocycles. The molecule has 1 aliphatic heterocycles. The third kappa shape index (κ3) is 2.30. The summed E-state index contributed by atoms with van der Waals surface area (Å²) in [5.74, 6) is 0.148. The summed E-state index contributed by atoms with van der Waals surface area (Å²) in [6, 6.07) is 6.00. The van der Waals surface area contributed by atoms with Crippen LogP contribution in [-0.4, -0.2) is 25.4 Å². The summed E-state index contributed by atoms with van der Waals surface area (Å²) in [7, 11) is 1.65. The number of carbonyl (C=O) groups excluding carboxylic acids is 2. The van der Waals surface area contributed by atoms with Gasteiger partial charge in [0.2, 0.25) is 5.91 Å². The van der Waals surface area contributed by atoms with Crippen LogP contribution in [0.5, 0.6) is 0 Å². The molecule has 1 atom stereocenters. The standard InChI is InChI=1S/C16H20N2O2/c1-17-15(20)12-2-3-13-9-16(6-4-11(13)8-12)7-5-14(19)18-10-16/h2-3,8H,4-7,9-10H2,1H3,(H,17,20)(H,18,19). The molecule has 3 rings (SSSR count). The Balaban J connectivity index is 1.82. The zero-order chi connectivity index (χ0) is 14.2. The summed E-state index contributed by atoms with van der Waals surface area (Å²) in [5.41, 5.74) is 3.59. The second-order valence-corrected chi connectivity index (χ2v) is 6.02. The van der Waals surface area contributed by atoms with Crippen LogP contribution in [0.25, 0.3) is 0 Å². The van der Waals surface area contributed by atoms with Crippen LogP contribution >= 0.6 is 0 Å². The van der Waals surface area contributed by atoms with Crippen LogP contribution in [0.2, 0.25) is 0 Å². The first-order chi connectivity index (χ1) is 9.62. The van der Waals surface area contributed by atoms with Gasteiger partial charge in [0.1, 0.15) is 0 Å². The average molecular weight is 272 g/mol. The smallest absolute Gasteiger partial charge is 0.251 e. The van der Waals surface area contributed by atoms with Crippen molar-refractivity contribution in [3.05, 3.63) is 34.9 Å². The second-order valence-electron chi connectivity index (χ2n) is 6.02. The van der Waals surface area contributed by atoms with E-state index in [1.54, 1.807) is 7.05 Å². The predicted octanol–water partition coefficient (Wildman–Crippen LogP) is 1.43. The molecular weight excluding hydrogens is 252 g/mol. The topological polar surface area (TPSA) is 58.2 Å². The molecule has 0 aromatic heterocycles. The van der Waals surface area contributed by atoms with Crippen molar-refractivity contribution in [1.82, 2.24) is 10.6 Å². The maximum absolute atomic E-state index is 11.7. The van der Waals surface area contributed by atoms with Gasteiger partial charge >= 0.3 is 0 Å². The van der Waals surface area contributed by atoms with Gasteiger partial charge in [0.25, 0.3) is 5.91 Å². The number of aryl methyl sites for hydroxylation is 1. The van der Waals surface area contributed by atoms with Crippen molar-refractivity contribution in [3.8, 4) is 0 Å². The summed E-state index contributed by atoms with van der Waals surface area (Å²) in [6.45, 7) is 0.794. The highest BCUT2D eigenvalue weighted by Gasteiger charge is 2.37. The van der Waals surface area contributed by atoms with Crippen molar-refractivity contribution in [2.45, 2.75) is 32.1 Å². The van der Waals surface area contributed by atoms with Crippen molar-refractivity contribution in [1.29, 1.82) is 0 Å². The van der Waals surface area contributed by atoms with Crippen LogP contribution in [0.4, 0.5) is 0 Å². The molecule has 4 heteroatoms. The Morgan fingerprint density at radius 3 is 2.75 bits per heavy atom. The fraction of sp³-hybridized carbons (Fsp3) is 0.500. The SMILES string of the molecule is CNC(=O)c1ccc2c(c1)CCC1(CCC(=O)NC1)C2. The van der Waals surface area contributed by atoms with E-state index >= 15 is 0 Å². The van der Waals surface area contributed by atoms with Gasteiger partial charge in [-0.05, 0) is 54.4 Å². The first-order valence-electron chi connectivity index (χ1n) is 7.22. The number of carbonyl (C=O) groups is 2. The summed E-state index contributed by atoms with van der Waals surface area (Å²) in [4.78, 5) is 23.0. The summed E-state index contributed by atoms with van der Waals surface area (Å²) >= 11 is 0. The molecule has 2 aliphatic rings. The van der Waals surface area contributed by atoms with Gasteiger partial charge in [0, 0.05) is 25.6 Å². The molecule has 1 aromatic carbocycles. The minimum absolute atomic E-state index is 0.0296. The van der Waals surface area contributed by atoms with Gasteiger partial charge in [-0.3, -0.25) is 9.59 Å². The van der Waals surface area contributed by atoms with E-state index < -0.39 is 0 Å². The molecule has 4 nitrogen and oxygen atoms in total. The largest absolute Gasteiger partial charge is 0.356 e. The molecule has 1 heterocycles. The second kappa shape index (κ2) is 4.93. The van der Waals surface area contributed by atoms with Crippen molar-refractivity contribution in [3.63, 3.8) is 0 Å². The Morgan fingerprint density at radius 2 is 2.05 bits per heavy atom. The summed E-state index contributed by atoms with van der Waals surface area (Å²) in [5, 5.41) is 5.67. The molecule has 2 N–H and O–H groups in total. The highest BCUT2D eigenvalue weighted by molar-refractivity contribution is 5.94. The molecule has 0 bridgehead atoms. The molecule has 0 radical (unpaired) electrons. The zero-order valence-electron chi connectivity index (χ0n) is 11.8. The lowest BCUT2D eigenvalue weighted by molar-refractivity contribution is -0.124. The lowest BCUT2D eigenvalue weighted by Crippen LogP contribution is -2.46. The maximum atomic E-state index is 11.7. The zero-order valence-corrected chi connectivity index (χ0v) is 11.8. The van der Waals surface area contributed by atoms with E-state index in [0.29, 0.717) is 6.42 Å². The molecule has 2 amide bonds. The van der Waals surface area contributed by atoms with Crippen molar-refractivity contribution < 1.29 is 9.59 Å². The number of piperidine rings is 1. The predicted molar refractivity (Wildman–Crippen MR) is 76.5 cm³/mol. The molecule has 1 aromatic rings. The van der Waals surface area contributed by atoms with Crippen molar-refractivity contribution in [2.24, 2.45) is 5.41 Å². The van der Waals surface area contributed by atoms with Crippen LogP contribution in [0, 0.1) is 5.41 Å². The number of nitrogens with one attached hydrogen (secondary N) is 2. The average Bonchev–Trinajstić information content (AvgIpc) is 2.49. The summed E-state index contributed by atoms with van der Waals surface area (Å²) < 4.78 is 0. The Labute approximate surface area is 118 Å². The van der Waals surface area contributed by atoms with Gasteiger partial charge in [-0.15, -0.1) is 0 Å². The highest BCUT2D eigenvalue weighted by Crippen LogP contribution is 2.40. The fourth-order valence-corrected chi connectivity index (χ4v) is 3.41. The van der Waals surface area contributed by atoms with Crippen LogP contribution in [-0.2, 0) is 17.6 Å². The molecule has 106 valence electrons. The van der Waals surface area contributed by atoms with Crippen LogP contribution in [0.1, 0.15) is 40.7 Å².